The summed E-state index contributed by atoms with van der Waals surface area (Å²) in [5, 5.41) is 2.78. The summed E-state index contributed by atoms with van der Waals surface area (Å²) >= 11 is 0. The molecule has 0 aliphatic heterocycles. The highest BCUT2D eigenvalue weighted by Gasteiger charge is 2.13. The van der Waals surface area contributed by atoms with Crippen LogP contribution in [-0.2, 0) is 0 Å². The molecule has 0 heterocycles. The van der Waals surface area contributed by atoms with E-state index in [2.05, 4.69) is 90.1 Å². The van der Waals surface area contributed by atoms with E-state index in [1.165, 1.54) is 44.2 Å². The number of benzene rings is 3. The van der Waals surface area contributed by atoms with Crippen LogP contribution in [0.3, 0.4) is 0 Å². The number of hydrogen-bond acceptors (Lipinski definition) is 0. The summed E-state index contributed by atoms with van der Waals surface area (Å²) in [6.07, 6.45) is 0. The van der Waals surface area contributed by atoms with Gasteiger partial charge in [-0.2, -0.15) is 0 Å². The van der Waals surface area contributed by atoms with Gasteiger partial charge in [0.05, 0.1) is 0 Å². The van der Waals surface area contributed by atoms with Crippen molar-refractivity contribution in [1.82, 2.24) is 0 Å². The van der Waals surface area contributed by atoms with E-state index >= 15 is 0 Å². The second-order valence-electron chi connectivity index (χ2n) is 7.70. The SMILES string of the molecule is Cc1cc(C)cc(-c2cccc3c(C(C)C)cc(C(C)C)cc23)c1. The van der Waals surface area contributed by atoms with Gasteiger partial charge >= 0.3 is 0 Å². The van der Waals surface area contributed by atoms with E-state index in [-0.39, 0.29) is 0 Å². The van der Waals surface area contributed by atoms with Gasteiger partial charge in [0.2, 0.25) is 0 Å². The Morgan fingerprint density at radius 1 is 0.667 bits per heavy atom. The van der Waals surface area contributed by atoms with E-state index in [4.69, 9.17) is 0 Å². The van der Waals surface area contributed by atoms with Gasteiger partial charge in [-0.25, -0.2) is 0 Å². The summed E-state index contributed by atoms with van der Waals surface area (Å²) in [6.45, 7) is 13.5. The van der Waals surface area contributed by atoms with Crippen LogP contribution in [0.15, 0.2) is 48.5 Å². The van der Waals surface area contributed by atoms with Crippen molar-refractivity contribution in [2.24, 2.45) is 0 Å². The molecule has 0 N–H and O–H groups in total. The molecule has 0 unspecified atom stereocenters. The fourth-order valence-electron chi connectivity index (χ4n) is 3.63. The third-order valence-electron chi connectivity index (χ3n) is 4.87. The molecule has 0 nitrogen and oxygen atoms in total. The first-order valence-electron chi connectivity index (χ1n) is 9.02. The standard InChI is InChI=1S/C24H28/c1-15(2)19-13-23(16(3)4)22-9-7-8-21(24(22)14-19)20-11-17(5)10-18(6)12-20/h7-16H,1-6H3. The molecule has 0 spiro atoms. The molecule has 0 heteroatoms. The zero-order valence-corrected chi connectivity index (χ0v) is 15.8. The van der Waals surface area contributed by atoms with Gasteiger partial charge in [-0.15, -0.1) is 0 Å². The van der Waals surface area contributed by atoms with E-state index in [1.54, 1.807) is 0 Å². The van der Waals surface area contributed by atoms with Gasteiger partial charge in [0.25, 0.3) is 0 Å². The lowest BCUT2D eigenvalue weighted by atomic mass is 9.87. The Morgan fingerprint density at radius 2 is 1.33 bits per heavy atom. The van der Waals surface area contributed by atoms with E-state index in [9.17, 15) is 0 Å². The molecule has 0 aromatic heterocycles. The van der Waals surface area contributed by atoms with Crippen LogP contribution in [-0.4, -0.2) is 0 Å². The first kappa shape index (κ1) is 16.8. The van der Waals surface area contributed by atoms with E-state index < -0.39 is 0 Å². The fraction of sp³-hybridized carbons (Fsp3) is 0.333. The second kappa shape index (κ2) is 6.43. The largest absolute Gasteiger partial charge is 0.0610 e. The van der Waals surface area contributed by atoms with Gasteiger partial charge in [0, 0.05) is 0 Å². The van der Waals surface area contributed by atoms with Crippen LogP contribution in [0.2, 0.25) is 0 Å². The Balaban J connectivity index is 2.37. The van der Waals surface area contributed by atoms with Gasteiger partial charge < -0.3 is 0 Å². The van der Waals surface area contributed by atoms with Crippen LogP contribution < -0.4 is 0 Å². The van der Waals surface area contributed by atoms with Gasteiger partial charge in [-0.05, 0) is 58.7 Å². The lowest BCUT2D eigenvalue weighted by Gasteiger charge is -2.18. The van der Waals surface area contributed by atoms with Crippen molar-refractivity contribution in [3.63, 3.8) is 0 Å². The quantitative estimate of drug-likeness (QED) is 0.473. The van der Waals surface area contributed by atoms with Gasteiger partial charge in [-0.3, -0.25) is 0 Å². The highest BCUT2D eigenvalue weighted by Crippen LogP contribution is 2.36. The maximum atomic E-state index is 2.41. The summed E-state index contributed by atoms with van der Waals surface area (Å²) in [6, 6.07) is 18.4. The summed E-state index contributed by atoms with van der Waals surface area (Å²) in [5.41, 5.74) is 8.22. The van der Waals surface area contributed by atoms with Gasteiger partial charge in [-0.1, -0.05) is 87.4 Å². The molecule has 0 atom stereocenters. The summed E-state index contributed by atoms with van der Waals surface area (Å²) in [5.74, 6) is 1.07. The first-order valence-corrected chi connectivity index (χ1v) is 9.02. The average Bonchev–Trinajstić information content (AvgIpc) is 2.51. The first-order chi connectivity index (χ1) is 11.4. The Morgan fingerprint density at radius 3 is 1.92 bits per heavy atom. The minimum absolute atomic E-state index is 0.528. The lowest BCUT2D eigenvalue weighted by Crippen LogP contribution is -1.96. The Hall–Kier alpha value is -2.08. The number of aryl methyl sites for hydroxylation is 2. The molecule has 0 aliphatic rings. The van der Waals surface area contributed by atoms with Crippen molar-refractivity contribution >= 4 is 10.8 Å². The third-order valence-corrected chi connectivity index (χ3v) is 4.87. The normalized spacial score (nSPS) is 11.7. The van der Waals surface area contributed by atoms with Gasteiger partial charge in [0.1, 0.15) is 0 Å². The monoisotopic (exact) mass is 316 g/mol. The molecule has 3 aromatic carbocycles. The molecule has 124 valence electrons. The zero-order valence-electron chi connectivity index (χ0n) is 15.8. The molecular weight excluding hydrogens is 288 g/mol. The zero-order chi connectivity index (χ0) is 17.4. The van der Waals surface area contributed by atoms with Crippen molar-refractivity contribution in [1.29, 1.82) is 0 Å². The molecule has 24 heavy (non-hydrogen) atoms. The molecule has 0 bridgehead atoms. The molecule has 0 radical (unpaired) electrons. The fourth-order valence-corrected chi connectivity index (χ4v) is 3.63. The number of rotatable bonds is 3. The molecule has 0 saturated carbocycles. The topological polar surface area (TPSA) is 0 Å². The smallest absolute Gasteiger partial charge is 0.00997 e. The van der Waals surface area contributed by atoms with E-state index in [0.717, 1.165) is 0 Å². The van der Waals surface area contributed by atoms with Crippen molar-refractivity contribution < 1.29 is 0 Å². The van der Waals surface area contributed by atoms with E-state index in [1.807, 2.05) is 0 Å². The van der Waals surface area contributed by atoms with Crippen molar-refractivity contribution in [3.8, 4) is 11.1 Å². The Kier molecular flexibility index (Phi) is 4.49. The van der Waals surface area contributed by atoms with Crippen LogP contribution >= 0.6 is 0 Å². The van der Waals surface area contributed by atoms with Crippen LogP contribution in [0.5, 0.6) is 0 Å². The summed E-state index contributed by atoms with van der Waals surface area (Å²) < 4.78 is 0. The van der Waals surface area contributed by atoms with Crippen LogP contribution in [0.25, 0.3) is 21.9 Å². The number of fused-ring (bicyclic) bond motifs is 1. The summed E-state index contributed by atoms with van der Waals surface area (Å²) in [7, 11) is 0. The highest BCUT2D eigenvalue weighted by molar-refractivity contribution is 5.99. The summed E-state index contributed by atoms with van der Waals surface area (Å²) in [4.78, 5) is 0. The molecule has 3 aromatic rings. The molecule has 0 fully saturated rings. The van der Waals surface area contributed by atoms with E-state index in [0.29, 0.717) is 11.8 Å². The predicted molar refractivity (Wildman–Crippen MR) is 107 cm³/mol. The van der Waals surface area contributed by atoms with Crippen LogP contribution in [0.4, 0.5) is 0 Å². The minimum Gasteiger partial charge on any atom is -0.0610 e. The number of hydrogen-bond donors (Lipinski definition) is 0. The maximum absolute atomic E-state index is 2.41. The minimum atomic E-state index is 0.528. The predicted octanol–water partition coefficient (Wildman–Crippen LogP) is 7.37. The Bertz CT molecular complexity index is 862. The lowest BCUT2D eigenvalue weighted by molar-refractivity contribution is 0.842. The van der Waals surface area contributed by atoms with Crippen molar-refractivity contribution in [2.45, 2.75) is 53.4 Å². The van der Waals surface area contributed by atoms with Crippen LogP contribution in [0.1, 0.15) is 61.8 Å². The molecule has 0 saturated heterocycles. The Labute approximate surface area is 146 Å². The molecule has 0 aliphatic carbocycles. The van der Waals surface area contributed by atoms with Crippen molar-refractivity contribution in [2.75, 3.05) is 0 Å². The molecule has 0 amide bonds. The maximum Gasteiger partial charge on any atom is -0.00997 e. The second-order valence-corrected chi connectivity index (χ2v) is 7.70. The van der Waals surface area contributed by atoms with Crippen molar-refractivity contribution in [3.05, 3.63) is 70.8 Å². The molecular formula is C24H28. The average molecular weight is 316 g/mol. The third kappa shape index (κ3) is 3.11. The van der Waals surface area contributed by atoms with Crippen LogP contribution in [0, 0.1) is 13.8 Å². The molecule has 3 rings (SSSR count). The van der Waals surface area contributed by atoms with Gasteiger partial charge in [0.15, 0.2) is 0 Å². The highest BCUT2D eigenvalue weighted by atomic mass is 14.2.